The Morgan fingerprint density at radius 3 is 2.66 bits per heavy atom. The van der Waals surface area contributed by atoms with Crippen molar-refractivity contribution >= 4 is 45.2 Å². The zero-order valence-electron chi connectivity index (χ0n) is 16.2. The Morgan fingerprint density at radius 2 is 2.00 bits per heavy atom. The molecule has 2 N–H and O–H groups in total. The molecule has 0 radical (unpaired) electrons. The molecule has 1 amide bonds. The van der Waals surface area contributed by atoms with E-state index in [0.717, 1.165) is 0 Å². The number of anilines is 2. The highest BCUT2D eigenvalue weighted by Gasteiger charge is 2.28. The molecule has 0 saturated carbocycles. The van der Waals surface area contributed by atoms with E-state index < -0.39 is 5.97 Å². The summed E-state index contributed by atoms with van der Waals surface area (Å²) >= 11 is 1.33. The maximum absolute atomic E-state index is 12.7. The van der Waals surface area contributed by atoms with E-state index in [9.17, 15) is 9.59 Å². The number of nitrogens with two attached hydrogens (primary N) is 1. The Morgan fingerprint density at radius 1 is 1.24 bits per heavy atom. The number of nitrogens with zero attached hydrogens (tertiary/aromatic N) is 6. The van der Waals surface area contributed by atoms with Gasteiger partial charge in [0.25, 0.3) is 5.91 Å². The molecular weight excluding hydrogens is 394 g/mol. The lowest BCUT2D eigenvalue weighted by atomic mass is 10.2. The molecule has 1 saturated heterocycles. The number of imidazole rings is 1. The van der Waals surface area contributed by atoms with Crippen molar-refractivity contribution in [3.8, 4) is 0 Å². The summed E-state index contributed by atoms with van der Waals surface area (Å²) in [4.78, 5) is 42.3. The summed E-state index contributed by atoms with van der Waals surface area (Å²) < 4.78 is 6.88. The lowest BCUT2D eigenvalue weighted by Gasteiger charge is -2.35. The van der Waals surface area contributed by atoms with Crippen LogP contribution in [-0.4, -0.2) is 69.1 Å². The van der Waals surface area contributed by atoms with Crippen LogP contribution in [0.1, 0.15) is 27.9 Å². The summed E-state index contributed by atoms with van der Waals surface area (Å²) in [5, 5.41) is 2.37. The number of fused-ring (bicyclic) bond motifs is 1. The molecule has 1 aliphatic rings. The Hall–Kier alpha value is -3.21. The van der Waals surface area contributed by atoms with Crippen molar-refractivity contribution < 1.29 is 14.3 Å². The predicted octanol–water partition coefficient (Wildman–Crippen LogP) is 1.15. The lowest BCUT2D eigenvalue weighted by molar-refractivity contribution is 0.0529. The molecule has 11 heteroatoms. The number of piperazine rings is 1. The number of aromatic nitrogens is 4. The summed E-state index contributed by atoms with van der Waals surface area (Å²) in [6, 6.07) is 0. The molecule has 0 aliphatic carbocycles. The van der Waals surface area contributed by atoms with Crippen LogP contribution in [0.5, 0.6) is 0 Å². The van der Waals surface area contributed by atoms with Crippen LogP contribution >= 0.6 is 11.3 Å². The summed E-state index contributed by atoms with van der Waals surface area (Å²) in [5.41, 5.74) is 6.34. The van der Waals surface area contributed by atoms with Crippen LogP contribution in [0.15, 0.2) is 17.8 Å². The van der Waals surface area contributed by atoms with Gasteiger partial charge < -0.3 is 24.8 Å². The number of rotatable bonds is 4. The second kappa shape index (κ2) is 7.66. The van der Waals surface area contributed by atoms with E-state index in [1.807, 2.05) is 4.90 Å². The molecule has 4 heterocycles. The molecule has 3 aromatic rings. The smallest absolute Gasteiger partial charge is 0.339 e. The number of aryl methyl sites for hydroxylation is 1. The third-order valence-electron chi connectivity index (χ3n) is 4.81. The van der Waals surface area contributed by atoms with Gasteiger partial charge in [-0.3, -0.25) is 4.79 Å². The third-order valence-corrected chi connectivity index (χ3v) is 5.68. The molecular formula is C18H21N7O3S. The molecule has 152 valence electrons. The fourth-order valence-corrected chi connectivity index (χ4v) is 4.27. The highest BCUT2D eigenvalue weighted by molar-refractivity contribution is 7.17. The van der Waals surface area contributed by atoms with Gasteiger partial charge in [-0.1, -0.05) is 0 Å². The summed E-state index contributed by atoms with van der Waals surface area (Å²) in [7, 11) is 1.80. The molecule has 1 aliphatic heterocycles. The molecule has 0 aromatic carbocycles. The van der Waals surface area contributed by atoms with E-state index in [2.05, 4.69) is 15.0 Å². The number of ether oxygens (including phenoxy) is 1. The standard InChI is InChI=1S/C18H21N7O3S/c1-3-28-17(27)11-10-29-15-12(11)13(21-18(19)22-15)24-6-8-25(9-7-24)16(26)14-20-4-5-23(14)2/h4-5,10H,3,6-9H2,1-2H3,(H2,19,21,22). The quantitative estimate of drug-likeness (QED) is 0.630. The zero-order chi connectivity index (χ0) is 20.5. The first-order valence-corrected chi connectivity index (χ1v) is 10.1. The topological polar surface area (TPSA) is 119 Å². The number of nitrogen functional groups attached to an aromatic ring is 1. The van der Waals surface area contributed by atoms with Gasteiger partial charge in [0.1, 0.15) is 10.6 Å². The maximum atomic E-state index is 12.7. The molecule has 10 nitrogen and oxygen atoms in total. The summed E-state index contributed by atoms with van der Waals surface area (Å²) in [6.45, 7) is 4.18. The van der Waals surface area contributed by atoms with E-state index in [4.69, 9.17) is 10.5 Å². The third kappa shape index (κ3) is 3.48. The van der Waals surface area contributed by atoms with Crippen LogP contribution in [0.4, 0.5) is 11.8 Å². The van der Waals surface area contributed by atoms with Crippen molar-refractivity contribution in [2.75, 3.05) is 43.4 Å². The van der Waals surface area contributed by atoms with Crippen LogP contribution in [0.2, 0.25) is 0 Å². The molecule has 0 spiro atoms. The van der Waals surface area contributed by atoms with E-state index in [1.165, 1.54) is 11.3 Å². The van der Waals surface area contributed by atoms with Crippen molar-refractivity contribution in [2.45, 2.75) is 6.92 Å². The van der Waals surface area contributed by atoms with Crippen molar-refractivity contribution in [1.29, 1.82) is 0 Å². The molecule has 0 bridgehead atoms. The molecule has 29 heavy (non-hydrogen) atoms. The first kappa shape index (κ1) is 19.1. The van der Waals surface area contributed by atoms with Crippen LogP contribution < -0.4 is 10.6 Å². The number of carbonyl (C=O) groups is 2. The minimum absolute atomic E-state index is 0.104. The van der Waals surface area contributed by atoms with Crippen molar-refractivity contribution in [1.82, 2.24) is 24.4 Å². The summed E-state index contributed by atoms with van der Waals surface area (Å²) in [5.74, 6) is 0.649. The van der Waals surface area contributed by atoms with Gasteiger partial charge in [-0.25, -0.2) is 14.8 Å². The average Bonchev–Trinajstić information content (AvgIpc) is 3.33. The first-order chi connectivity index (χ1) is 14.0. The number of hydrogen-bond donors (Lipinski definition) is 1. The SMILES string of the molecule is CCOC(=O)c1csc2nc(N)nc(N3CCN(C(=O)c4nccn4C)CC3)c12. The van der Waals surface area contributed by atoms with E-state index in [1.54, 1.807) is 41.2 Å². The van der Waals surface area contributed by atoms with Crippen molar-refractivity contribution in [3.63, 3.8) is 0 Å². The normalized spacial score (nSPS) is 14.4. The Bertz CT molecular complexity index is 1070. The number of hydrogen-bond acceptors (Lipinski definition) is 9. The minimum Gasteiger partial charge on any atom is -0.462 e. The fraction of sp³-hybridized carbons (Fsp3) is 0.389. The summed E-state index contributed by atoms with van der Waals surface area (Å²) in [6.07, 6.45) is 3.36. The Balaban J connectivity index is 1.59. The zero-order valence-corrected chi connectivity index (χ0v) is 17.0. The van der Waals surface area contributed by atoms with Gasteiger partial charge in [-0.05, 0) is 6.92 Å². The molecule has 0 atom stereocenters. The maximum Gasteiger partial charge on any atom is 0.339 e. The second-order valence-electron chi connectivity index (χ2n) is 6.60. The van der Waals surface area contributed by atoms with Gasteiger partial charge in [0, 0.05) is 51.0 Å². The largest absolute Gasteiger partial charge is 0.462 e. The van der Waals surface area contributed by atoms with E-state index in [-0.39, 0.29) is 18.5 Å². The van der Waals surface area contributed by atoms with E-state index in [0.29, 0.717) is 53.6 Å². The second-order valence-corrected chi connectivity index (χ2v) is 7.45. The highest BCUT2D eigenvalue weighted by atomic mass is 32.1. The molecule has 4 rings (SSSR count). The number of carbonyl (C=O) groups excluding carboxylic acids is 2. The molecule has 0 unspecified atom stereocenters. The van der Waals surface area contributed by atoms with Crippen LogP contribution in [0.25, 0.3) is 10.2 Å². The van der Waals surface area contributed by atoms with Crippen LogP contribution in [-0.2, 0) is 11.8 Å². The van der Waals surface area contributed by atoms with Gasteiger partial charge in [-0.2, -0.15) is 4.98 Å². The van der Waals surface area contributed by atoms with Gasteiger partial charge in [-0.15, -0.1) is 11.3 Å². The van der Waals surface area contributed by atoms with E-state index >= 15 is 0 Å². The fourth-order valence-electron chi connectivity index (χ4n) is 3.36. The van der Waals surface area contributed by atoms with Crippen LogP contribution in [0, 0.1) is 0 Å². The minimum atomic E-state index is -0.406. The molecule has 3 aromatic heterocycles. The monoisotopic (exact) mass is 415 g/mol. The first-order valence-electron chi connectivity index (χ1n) is 9.23. The Labute approximate surface area is 170 Å². The van der Waals surface area contributed by atoms with Crippen molar-refractivity contribution in [3.05, 3.63) is 29.2 Å². The number of esters is 1. The Kier molecular flexibility index (Phi) is 5.05. The highest BCUT2D eigenvalue weighted by Crippen LogP contribution is 2.33. The lowest BCUT2D eigenvalue weighted by Crippen LogP contribution is -2.49. The van der Waals surface area contributed by atoms with Gasteiger partial charge in [0.2, 0.25) is 5.95 Å². The number of thiophene rings is 1. The average molecular weight is 415 g/mol. The van der Waals surface area contributed by atoms with Crippen molar-refractivity contribution in [2.24, 2.45) is 7.05 Å². The van der Waals surface area contributed by atoms with Gasteiger partial charge in [0.15, 0.2) is 5.82 Å². The predicted molar refractivity (Wildman–Crippen MR) is 109 cm³/mol. The van der Waals surface area contributed by atoms with Gasteiger partial charge >= 0.3 is 5.97 Å². The van der Waals surface area contributed by atoms with Crippen LogP contribution in [0.3, 0.4) is 0 Å². The molecule has 1 fully saturated rings. The van der Waals surface area contributed by atoms with Gasteiger partial charge in [0.05, 0.1) is 17.6 Å². The number of amides is 1.